The summed E-state index contributed by atoms with van der Waals surface area (Å²) in [5, 5.41) is 2.01. The molecule has 0 saturated heterocycles. The van der Waals surface area contributed by atoms with Gasteiger partial charge in [-0.25, -0.2) is 19.6 Å². The second-order valence-electron chi connectivity index (χ2n) is 2.81. The van der Waals surface area contributed by atoms with Gasteiger partial charge in [-0.05, 0) is 18.2 Å². The van der Waals surface area contributed by atoms with Gasteiger partial charge < -0.3 is 5.43 Å². The van der Waals surface area contributed by atoms with E-state index < -0.39 is 11.6 Å². The molecule has 6 heteroatoms. The lowest BCUT2D eigenvalue weighted by atomic mass is 10.2. The van der Waals surface area contributed by atoms with Crippen LogP contribution in [0.25, 0.3) is 10.6 Å². The molecule has 0 unspecified atom stereocenters. The minimum absolute atomic E-state index is 0.140. The quantitative estimate of drug-likeness (QED) is 0.611. The molecule has 0 saturated carbocycles. The first-order chi connectivity index (χ1) is 7.20. The van der Waals surface area contributed by atoms with Gasteiger partial charge in [-0.3, -0.25) is 0 Å². The summed E-state index contributed by atoms with van der Waals surface area (Å²) in [6.45, 7) is 0. The van der Waals surface area contributed by atoms with Gasteiger partial charge in [0.25, 0.3) is 0 Å². The van der Waals surface area contributed by atoms with Crippen molar-refractivity contribution in [1.82, 2.24) is 4.98 Å². The first kappa shape index (κ1) is 10.0. The Balaban J connectivity index is 2.48. The number of hydrogen-bond donors (Lipinski definition) is 2. The zero-order valence-corrected chi connectivity index (χ0v) is 8.31. The summed E-state index contributed by atoms with van der Waals surface area (Å²) in [6.07, 6.45) is 0. The van der Waals surface area contributed by atoms with Gasteiger partial charge in [-0.1, -0.05) is 0 Å². The fourth-order valence-electron chi connectivity index (χ4n) is 1.13. The maximum absolute atomic E-state index is 13.3. The molecule has 1 aromatic carbocycles. The molecule has 2 rings (SSSR count). The van der Waals surface area contributed by atoms with Gasteiger partial charge >= 0.3 is 0 Å². The topological polar surface area (TPSA) is 50.9 Å². The van der Waals surface area contributed by atoms with Crippen molar-refractivity contribution in [2.24, 2.45) is 5.84 Å². The molecule has 3 N–H and O–H groups in total. The minimum Gasteiger partial charge on any atom is -0.308 e. The number of rotatable bonds is 2. The molecule has 1 heterocycles. The molecule has 1 aromatic heterocycles. The van der Waals surface area contributed by atoms with Crippen LogP contribution in [0.4, 0.5) is 14.6 Å². The summed E-state index contributed by atoms with van der Waals surface area (Å²) in [4.78, 5) is 3.98. The second-order valence-corrected chi connectivity index (χ2v) is 3.66. The number of aromatic nitrogens is 1. The van der Waals surface area contributed by atoms with Gasteiger partial charge in [0.1, 0.15) is 16.6 Å². The second kappa shape index (κ2) is 3.92. The van der Waals surface area contributed by atoms with Crippen molar-refractivity contribution < 1.29 is 8.78 Å². The standard InChI is InChI=1S/C9H7F2N3S/c10-5-1-2-7(11)6(3-5)9-13-8(14-12)4-15-9/h1-4,14H,12H2. The van der Waals surface area contributed by atoms with E-state index in [0.29, 0.717) is 10.8 Å². The number of anilines is 1. The average molecular weight is 227 g/mol. The fraction of sp³-hybridized carbons (Fsp3) is 0. The zero-order valence-electron chi connectivity index (χ0n) is 7.50. The molecule has 0 fully saturated rings. The number of nitrogens with one attached hydrogen (secondary N) is 1. The third-order valence-electron chi connectivity index (χ3n) is 1.81. The van der Waals surface area contributed by atoms with Gasteiger partial charge in [0.15, 0.2) is 5.82 Å². The largest absolute Gasteiger partial charge is 0.308 e. The van der Waals surface area contributed by atoms with E-state index in [1.165, 1.54) is 11.3 Å². The summed E-state index contributed by atoms with van der Waals surface area (Å²) in [7, 11) is 0. The van der Waals surface area contributed by atoms with Crippen LogP contribution < -0.4 is 11.3 Å². The van der Waals surface area contributed by atoms with Crippen LogP contribution >= 0.6 is 11.3 Å². The molecular formula is C9H7F2N3S. The molecule has 0 aliphatic rings. The maximum Gasteiger partial charge on any atom is 0.151 e. The summed E-state index contributed by atoms with van der Waals surface area (Å²) in [6, 6.07) is 3.24. The van der Waals surface area contributed by atoms with E-state index in [-0.39, 0.29) is 5.56 Å². The average Bonchev–Trinajstić information content (AvgIpc) is 2.70. The fourth-order valence-corrected chi connectivity index (χ4v) is 1.90. The molecule has 15 heavy (non-hydrogen) atoms. The number of benzene rings is 1. The molecule has 3 nitrogen and oxygen atoms in total. The lowest BCUT2D eigenvalue weighted by molar-refractivity contribution is 0.603. The third-order valence-corrected chi connectivity index (χ3v) is 2.69. The van der Waals surface area contributed by atoms with Crippen LogP contribution in [-0.4, -0.2) is 4.98 Å². The molecule has 0 amide bonds. The van der Waals surface area contributed by atoms with Crippen LogP contribution in [0, 0.1) is 11.6 Å². The monoisotopic (exact) mass is 227 g/mol. The number of halogens is 2. The van der Waals surface area contributed by atoms with Crippen molar-refractivity contribution in [2.45, 2.75) is 0 Å². The Morgan fingerprint density at radius 3 is 2.80 bits per heavy atom. The van der Waals surface area contributed by atoms with Crippen LogP contribution in [0.15, 0.2) is 23.6 Å². The summed E-state index contributed by atoms with van der Waals surface area (Å²) >= 11 is 1.19. The number of nitrogen functional groups attached to an aromatic ring is 1. The van der Waals surface area contributed by atoms with E-state index in [4.69, 9.17) is 5.84 Å². The van der Waals surface area contributed by atoms with Gasteiger partial charge in [-0.2, -0.15) is 0 Å². The highest BCUT2D eigenvalue weighted by atomic mass is 32.1. The van der Waals surface area contributed by atoms with Crippen molar-refractivity contribution in [3.63, 3.8) is 0 Å². The third kappa shape index (κ3) is 1.95. The molecule has 0 bridgehead atoms. The summed E-state index contributed by atoms with van der Waals surface area (Å²) in [5.74, 6) is 4.56. The predicted molar refractivity (Wildman–Crippen MR) is 55.3 cm³/mol. The van der Waals surface area contributed by atoms with E-state index in [9.17, 15) is 8.78 Å². The Bertz CT molecular complexity index is 484. The van der Waals surface area contributed by atoms with Crippen molar-refractivity contribution in [2.75, 3.05) is 5.43 Å². The van der Waals surface area contributed by atoms with Crippen LogP contribution in [0.5, 0.6) is 0 Å². The van der Waals surface area contributed by atoms with Gasteiger partial charge in [0.05, 0.1) is 0 Å². The predicted octanol–water partition coefficient (Wildman–Crippen LogP) is 2.37. The Morgan fingerprint density at radius 2 is 2.13 bits per heavy atom. The van der Waals surface area contributed by atoms with E-state index in [0.717, 1.165) is 18.2 Å². The zero-order chi connectivity index (χ0) is 10.8. The molecule has 0 aliphatic heterocycles. The van der Waals surface area contributed by atoms with E-state index in [2.05, 4.69) is 10.4 Å². The van der Waals surface area contributed by atoms with Crippen molar-refractivity contribution in [3.05, 3.63) is 35.2 Å². The number of nitrogens with zero attached hydrogens (tertiary/aromatic N) is 1. The van der Waals surface area contributed by atoms with Gasteiger partial charge in [-0.15, -0.1) is 11.3 Å². The van der Waals surface area contributed by atoms with Crippen LogP contribution in [0.2, 0.25) is 0 Å². The molecule has 78 valence electrons. The molecule has 0 radical (unpaired) electrons. The highest BCUT2D eigenvalue weighted by Gasteiger charge is 2.10. The molecule has 2 aromatic rings. The first-order valence-corrected chi connectivity index (χ1v) is 4.96. The van der Waals surface area contributed by atoms with Crippen molar-refractivity contribution >= 4 is 17.2 Å². The Morgan fingerprint density at radius 1 is 1.33 bits per heavy atom. The van der Waals surface area contributed by atoms with Crippen LogP contribution in [-0.2, 0) is 0 Å². The van der Waals surface area contributed by atoms with Crippen molar-refractivity contribution in [1.29, 1.82) is 0 Å². The molecule has 0 aliphatic carbocycles. The van der Waals surface area contributed by atoms with Crippen molar-refractivity contribution in [3.8, 4) is 10.6 Å². The highest BCUT2D eigenvalue weighted by molar-refractivity contribution is 7.13. The van der Waals surface area contributed by atoms with Gasteiger partial charge in [0, 0.05) is 10.9 Å². The smallest absolute Gasteiger partial charge is 0.151 e. The normalized spacial score (nSPS) is 10.3. The maximum atomic E-state index is 13.3. The molecular weight excluding hydrogens is 220 g/mol. The van der Waals surface area contributed by atoms with Crippen LogP contribution in [0.3, 0.4) is 0 Å². The minimum atomic E-state index is -0.505. The number of hydrazine groups is 1. The van der Waals surface area contributed by atoms with Crippen LogP contribution in [0.1, 0.15) is 0 Å². The van der Waals surface area contributed by atoms with Gasteiger partial charge in [0.2, 0.25) is 0 Å². The first-order valence-electron chi connectivity index (χ1n) is 4.08. The number of hydrogen-bond acceptors (Lipinski definition) is 4. The Labute approximate surface area is 88.5 Å². The Hall–Kier alpha value is -1.53. The van der Waals surface area contributed by atoms with E-state index in [1.54, 1.807) is 5.38 Å². The summed E-state index contributed by atoms with van der Waals surface area (Å²) < 4.78 is 26.2. The SMILES string of the molecule is NNc1csc(-c2cc(F)ccc2F)n1. The lowest BCUT2D eigenvalue weighted by Gasteiger charge is -1.98. The summed E-state index contributed by atoms with van der Waals surface area (Å²) in [5.41, 5.74) is 2.47. The molecule has 0 atom stereocenters. The van der Waals surface area contributed by atoms with E-state index in [1.807, 2.05) is 0 Å². The lowest BCUT2D eigenvalue weighted by Crippen LogP contribution is -2.06. The number of thiazole rings is 1. The highest BCUT2D eigenvalue weighted by Crippen LogP contribution is 2.28. The van der Waals surface area contributed by atoms with E-state index >= 15 is 0 Å². The number of nitrogens with two attached hydrogens (primary N) is 1. The Kier molecular flexibility index (Phi) is 2.61. The molecule has 0 spiro atoms.